The Hall–Kier alpha value is -2.91. The van der Waals surface area contributed by atoms with E-state index in [2.05, 4.69) is 39.8 Å². The summed E-state index contributed by atoms with van der Waals surface area (Å²) in [7, 11) is 0. The molecule has 1 unspecified atom stereocenters. The lowest BCUT2D eigenvalue weighted by Crippen LogP contribution is -2.48. The van der Waals surface area contributed by atoms with E-state index in [-0.39, 0.29) is 24.3 Å². The van der Waals surface area contributed by atoms with Gasteiger partial charge in [0, 0.05) is 31.3 Å². The van der Waals surface area contributed by atoms with Gasteiger partial charge in [-0.2, -0.15) is 13.2 Å². The Labute approximate surface area is 227 Å². The van der Waals surface area contributed by atoms with Crippen LogP contribution in [0.2, 0.25) is 0 Å². The summed E-state index contributed by atoms with van der Waals surface area (Å²) in [5.74, 6) is -1.12. The van der Waals surface area contributed by atoms with E-state index in [1.807, 2.05) is 6.92 Å². The molecule has 39 heavy (non-hydrogen) atoms. The third-order valence-electron chi connectivity index (χ3n) is 8.77. The van der Waals surface area contributed by atoms with E-state index in [0.717, 1.165) is 37.9 Å². The molecule has 1 saturated heterocycles. The number of carbonyl (C=O) groups excluding carboxylic acids is 2. The number of amides is 2. The van der Waals surface area contributed by atoms with E-state index in [9.17, 15) is 22.8 Å². The van der Waals surface area contributed by atoms with Crippen molar-refractivity contribution in [2.24, 2.45) is 0 Å². The molecule has 1 heterocycles. The Bertz CT molecular complexity index is 1190. The van der Waals surface area contributed by atoms with Gasteiger partial charge in [0.15, 0.2) is 0 Å². The molecule has 0 radical (unpaired) electrons. The third kappa shape index (κ3) is 5.99. The van der Waals surface area contributed by atoms with Crippen molar-refractivity contribution in [1.29, 1.82) is 0 Å². The average molecular weight is 544 g/mol. The summed E-state index contributed by atoms with van der Waals surface area (Å²) in [6.07, 6.45) is 2.26. The molecule has 2 aromatic carbocycles. The molecule has 2 aliphatic carbocycles. The van der Waals surface area contributed by atoms with Gasteiger partial charge >= 0.3 is 6.18 Å². The number of carbonyl (C=O) groups is 2. The molecule has 0 aromatic heterocycles. The molecule has 3 aliphatic rings. The molecule has 2 N–H and O–H groups in total. The van der Waals surface area contributed by atoms with Crippen LogP contribution in [0.5, 0.6) is 0 Å². The molecule has 6 nitrogen and oxygen atoms in total. The number of fused-ring (bicyclic) bond motifs is 2. The van der Waals surface area contributed by atoms with Crippen LogP contribution in [0, 0.1) is 0 Å². The van der Waals surface area contributed by atoms with Crippen molar-refractivity contribution >= 4 is 11.8 Å². The molecule has 2 aromatic rings. The Morgan fingerprint density at radius 3 is 2.56 bits per heavy atom. The molecule has 0 bridgehead atoms. The molecule has 2 atom stereocenters. The van der Waals surface area contributed by atoms with Crippen LogP contribution in [0.25, 0.3) is 0 Å². The number of likely N-dealkylation sites (tertiary alicyclic amines) is 1. The lowest BCUT2D eigenvalue weighted by molar-refractivity contribution is -0.137. The second kappa shape index (κ2) is 11.3. The lowest BCUT2D eigenvalue weighted by atomic mass is 9.69. The molecule has 1 aliphatic heterocycles. The van der Waals surface area contributed by atoms with E-state index in [1.165, 1.54) is 42.5 Å². The zero-order valence-corrected chi connectivity index (χ0v) is 22.2. The minimum absolute atomic E-state index is 0.142. The number of hydrogen-bond acceptors (Lipinski definition) is 4. The molecule has 1 saturated carbocycles. The number of aryl methyl sites for hydroxylation is 1. The molecule has 5 rings (SSSR count). The topological polar surface area (TPSA) is 70.7 Å². The maximum atomic E-state index is 13.0. The number of benzene rings is 2. The van der Waals surface area contributed by atoms with E-state index in [1.54, 1.807) is 0 Å². The summed E-state index contributed by atoms with van der Waals surface area (Å²) in [4.78, 5) is 27.5. The maximum absolute atomic E-state index is 13.0. The van der Waals surface area contributed by atoms with E-state index >= 15 is 0 Å². The van der Waals surface area contributed by atoms with Crippen molar-refractivity contribution < 1.29 is 27.5 Å². The van der Waals surface area contributed by atoms with Crippen LogP contribution in [-0.4, -0.2) is 61.1 Å². The third-order valence-corrected chi connectivity index (χ3v) is 8.77. The van der Waals surface area contributed by atoms with Gasteiger partial charge in [0.05, 0.1) is 24.3 Å². The van der Waals surface area contributed by atoms with E-state index in [4.69, 9.17) is 4.74 Å². The van der Waals surface area contributed by atoms with Crippen molar-refractivity contribution in [3.05, 3.63) is 70.8 Å². The lowest BCUT2D eigenvalue weighted by Gasteiger charge is -2.41. The zero-order valence-electron chi connectivity index (χ0n) is 22.2. The van der Waals surface area contributed by atoms with Gasteiger partial charge in [-0.05, 0) is 80.2 Å². The van der Waals surface area contributed by atoms with Crippen molar-refractivity contribution in [3.8, 4) is 0 Å². The van der Waals surface area contributed by atoms with E-state index in [0.29, 0.717) is 24.6 Å². The Morgan fingerprint density at radius 1 is 1.05 bits per heavy atom. The first-order chi connectivity index (χ1) is 18.7. The van der Waals surface area contributed by atoms with Crippen LogP contribution < -0.4 is 10.6 Å². The Balaban J connectivity index is 1.14. The number of nitrogens with one attached hydrogen (secondary N) is 2. The quantitative estimate of drug-likeness (QED) is 0.541. The highest BCUT2D eigenvalue weighted by Crippen LogP contribution is 2.49. The highest BCUT2D eigenvalue weighted by atomic mass is 19.4. The Morgan fingerprint density at radius 2 is 1.82 bits per heavy atom. The minimum Gasteiger partial charge on any atom is -0.375 e. The minimum atomic E-state index is -4.54. The van der Waals surface area contributed by atoms with Crippen molar-refractivity contribution in [2.75, 3.05) is 26.2 Å². The first kappa shape index (κ1) is 27.6. The summed E-state index contributed by atoms with van der Waals surface area (Å²) in [6.45, 7) is 3.55. The number of nitrogens with zero attached hydrogens (tertiary/aromatic N) is 1. The fourth-order valence-corrected chi connectivity index (χ4v) is 6.78. The SMILES string of the molecule is CCO[C@H]1CN(C2CCC3(CCc4ccccc43)CC2)CC1NC(=O)CNC(=O)c1cccc(C(F)(F)F)c1. The molecule has 1 spiro atoms. The van der Waals surface area contributed by atoms with Gasteiger partial charge in [0.1, 0.15) is 0 Å². The van der Waals surface area contributed by atoms with Gasteiger partial charge in [-0.25, -0.2) is 0 Å². The fraction of sp³-hybridized carbons (Fsp3) is 0.533. The second-order valence-corrected chi connectivity index (χ2v) is 11.1. The van der Waals surface area contributed by atoms with Gasteiger partial charge in [-0.1, -0.05) is 30.3 Å². The van der Waals surface area contributed by atoms with Gasteiger partial charge in [-0.15, -0.1) is 0 Å². The van der Waals surface area contributed by atoms with Crippen molar-refractivity contribution in [1.82, 2.24) is 15.5 Å². The van der Waals surface area contributed by atoms with Crippen LogP contribution in [-0.2, 0) is 27.5 Å². The second-order valence-electron chi connectivity index (χ2n) is 11.1. The summed E-state index contributed by atoms with van der Waals surface area (Å²) in [5.41, 5.74) is 2.29. The highest BCUT2D eigenvalue weighted by Gasteiger charge is 2.44. The number of alkyl halides is 3. The maximum Gasteiger partial charge on any atom is 0.416 e. The number of halogens is 3. The fourth-order valence-electron chi connectivity index (χ4n) is 6.78. The van der Waals surface area contributed by atoms with Crippen molar-refractivity contribution in [3.63, 3.8) is 0 Å². The number of rotatable bonds is 7. The molecule has 9 heteroatoms. The van der Waals surface area contributed by atoms with Gasteiger partial charge in [-0.3, -0.25) is 14.5 Å². The van der Waals surface area contributed by atoms with Crippen LogP contribution >= 0.6 is 0 Å². The molecular weight excluding hydrogens is 507 g/mol. The largest absolute Gasteiger partial charge is 0.416 e. The standard InChI is InChI=1S/C30H36F3N3O3/c1-2-39-26-19-36(23-11-14-29(15-12-23)13-10-20-6-3-4-9-24(20)29)18-25(26)35-27(37)17-34-28(38)21-7-5-8-22(16-21)30(31,32)33/h3-9,16,23,25-26H,2,10-15,17-19H2,1H3,(H,34,38)(H,35,37)/t23?,25?,26-,29?/m0/s1. The monoisotopic (exact) mass is 543 g/mol. The summed E-state index contributed by atoms with van der Waals surface area (Å²) < 4.78 is 44.9. The van der Waals surface area contributed by atoms with Gasteiger partial charge in [0.25, 0.3) is 5.91 Å². The average Bonchev–Trinajstić information content (AvgIpc) is 3.49. The van der Waals surface area contributed by atoms with Crippen LogP contribution in [0.3, 0.4) is 0 Å². The number of hydrogen-bond donors (Lipinski definition) is 2. The summed E-state index contributed by atoms with van der Waals surface area (Å²) in [5, 5.41) is 5.42. The first-order valence-electron chi connectivity index (χ1n) is 13.9. The Kier molecular flexibility index (Phi) is 8.01. The molecule has 2 fully saturated rings. The number of ether oxygens (including phenoxy) is 1. The van der Waals surface area contributed by atoms with Gasteiger partial charge in [0.2, 0.25) is 5.91 Å². The van der Waals surface area contributed by atoms with Gasteiger partial charge < -0.3 is 15.4 Å². The predicted octanol–water partition coefficient (Wildman–Crippen LogP) is 4.47. The predicted molar refractivity (Wildman–Crippen MR) is 141 cm³/mol. The van der Waals surface area contributed by atoms with Crippen LogP contribution in [0.15, 0.2) is 48.5 Å². The highest BCUT2D eigenvalue weighted by molar-refractivity contribution is 5.96. The first-order valence-corrected chi connectivity index (χ1v) is 13.9. The normalized spacial score (nSPS) is 26.9. The summed E-state index contributed by atoms with van der Waals surface area (Å²) >= 11 is 0. The molecular formula is C30H36F3N3O3. The zero-order chi connectivity index (χ0) is 27.6. The van der Waals surface area contributed by atoms with Crippen molar-refractivity contribution in [2.45, 2.75) is 75.2 Å². The molecule has 210 valence electrons. The van der Waals surface area contributed by atoms with Crippen LogP contribution in [0.1, 0.15) is 66.1 Å². The van der Waals surface area contributed by atoms with E-state index < -0.39 is 23.6 Å². The summed E-state index contributed by atoms with van der Waals surface area (Å²) in [6, 6.07) is 13.2. The smallest absolute Gasteiger partial charge is 0.375 e. The van der Waals surface area contributed by atoms with Crippen LogP contribution in [0.4, 0.5) is 13.2 Å². The molecule has 2 amide bonds.